The van der Waals surface area contributed by atoms with Crippen molar-refractivity contribution in [3.05, 3.63) is 59.8 Å². The monoisotopic (exact) mass is 329 g/mol. The minimum absolute atomic E-state index is 0.00936. The summed E-state index contributed by atoms with van der Waals surface area (Å²) >= 11 is 0. The number of hydrogen-bond donors (Lipinski definition) is 3. The van der Waals surface area contributed by atoms with Crippen molar-refractivity contribution in [1.29, 1.82) is 0 Å². The third-order valence-electron chi connectivity index (χ3n) is 3.56. The van der Waals surface area contributed by atoms with Crippen LogP contribution in [-0.4, -0.2) is 32.2 Å². The number of aromatic nitrogens is 1. The van der Waals surface area contributed by atoms with Gasteiger partial charge in [-0.25, -0.2) is 10.0 Å². The second-order valence-corrected chi connectivity index (χ2v) is 5.47. The van der Waals surface area contributed by atoms with Gasteiger partial charge in [0.05, 0.1) is 12.5 Å². The average Bonchev–Trinajstić information content (AvgIpc) is 2.56. The number of carbonyl (C=O) groups excluding carboxylic acids is 1. The highest BCUT2D eigenvalue weighted by molar-refractivity contribution is 5.81. The fraction of sp³-hybridized carbons (Fsp3) is 0.235. The maximum Gasteiger partial charge on any atom is 0.307 e. The van der Waals surface area contributed by atoms with E-state index in [2.05, 4.69) is 4.98 Å². The summed E-state index contributed by atoms with van der Waals surface area (Å²) in [6, 6.07) is 12.2. The molecule has 0 aliphatic rings. The average molecular weight is 329 g/mol. The predicted molar refractivity (Wildman–Crippen MR) is 86.9 cm³/mol. The van der Waals surface area contributed by atoms with Gasteiger partial charge in [-0.1, -0.05) is 36.4 Å². The molecule has 1 unspecified atom stereocenters. The summed E-state index contributed by atoms with van der Waals surface area (Å²) in [5.41, 5.74) is 6.91. The number of aliphatic carboxylic acids is 1. The van der Waals surface area contributed by atoms with E-state index in [1.807, 2.05) is 6.07 Å². The maximum absolute atomic E-state index is 12.1. The first-order chi connectivity index (χ1) is 11.5. The van der Waals surface area contributed by atoms with E-state index in [4.69, 9.17) is 5.73 Å². The number of hydroxylamine groups is 2. The van der Waals surface area contributed by atoms with Gasteiger partial charge in [0.1, 0.15) is 5.82 Å². The molecule has 4 N–H and O–H groups in total. The molecule has 7 heteroatoms. The Bertz CT molecular complexity index is 689. The summed E-state index contributed by atoms with van der Waals surface area (Å²) in [7, 11) is 0. The molecule has 0 aliphatic carbocycles. The van der Waals surface area contributed by atoms with Crippen molar-refractivity contribution in [2.24, 2.45) is 5.92 Å². The molecule has 1 heterocycles. The zero-order chi connectivity index (χ0) is 17.5. The number of amides is 1. The van der Waals surface area contributed by atoms with Crippen molar-refractivity contribution in [2.45, 2.75) is 19.4 Å². The third-order valence-corrected chi connectivity index (χ3v) is 3.56. The van der Waals surface area contributed by atoms with Gasteiger partial charge >= 0.3 is 5.97 Å². The highest BCUT2D eigenvalue weighted by Crippen LogP contribution is 2.15. The van der Waals surface area contributed by atoms with Gasteiger partial charge in [-0.3, -0.25) is 14.8 Å². The number of nitrogens with zero attached hydrogens (tertiary/aromatic N) is 2. The lowest BCUT2D eigenvalue weighted by Crippen LogP contribution is -2.31. The summed E-state index contributed by atoms with van der Waals surface area (Å²) in [4.78, 5) is 27.4. The fourth-order valence-corrected chi connectivity index (χ4v) is 2.25. The summed E-state index contributed by atoms with van der Waals surface area (Å²) in [6.45, 7) is 0.00936. The molecular weight excluding hydrogens is 310 g/mol. The van der Waals surface area contributed by atoms with E-state index >= 15 is 0 Å². The van der Waals surface area contributed by atoms with E-state index < -0.39 is 17.8 Å². The van der Waals surface area contributed by atoms with Gasteiger partial charge < -0.3 is 10.8 Å². The lowest BCUT2D eigenvalue weighted by Gasteiger charge is -2.18. The van der Waals surface area contributed by atoms with Crippen LogP contribution < -0.4 is 5.73 Å². The molecule has 7 nitrogen and oxygen atoms in total. The number of pyridine rings is 1. The minimum atomic E-state index is -1.10. The molecule has 24 heavy (non-hydrogen) atoms. The minimum Gasteiger partial charge on any atom is -0.481 e. The first kappa shape index (κ1) is 17.4. The molecule has 1 amide bonds. The smallest absolute Gasteiger partial charge is 0.307 e. The fourth-order valence-electron chi connectivity index (χ4n) is 2.25. The summed E-state index contributed by atoms with van der Waals surface area (Å²) in [6.07, 6.45) is 1.31. The van der Waals surface area contributed by atoms with E-state index in [9.17, 15) is 19.9 Å². The van der Waals surface area contributed by atoms with Gasteiger partial charge in [0.25, 0.3) is 0 Å². The Kier molecular flexibility index (Phi) is 5.86. The summed E-state index contributed by atoms with van der Waals surface area (Å²) < 4.78 is 0. The number of benzene rings is 1. The highest BCUT2D eigenvalue weighted by Gasteiger charge is 2.24. The Morgan fingerprint density at radius 3 is 2.42 bits per heavy atom. The van der Waals surface area contributed by atoms with E-state index in [0.29, 0.717) is 16.4 Å². The van der Waals surface area contributed by atoms with Crippen LogP contribution in [0.2, 0.25) is 0 Å². The molecule has 2 aromatic rings. The van der Waals surface area contributed by atoms with Gasteiger partial charge in [0.15, 0.2) is 0 Å². The number of anilines is 1. The molecule has 1 aromatic heterocycles. The van der Waals surface area contributed by atoms with E-state index in [1.165, 1.54) is 6.20 Å². The van der Waals surface area contributed by atoms with E-state index in [1.54, 1.807) is 36.4 Å². The molecule has 0 saturated carbocycles. The topological polar surface area (TPSA) is 117 Å². The van der Waals surface area contributed by atoms with Gasteiger partial charge in [-0.15, -0.1) is 0 Å². The van der Waals surface area contributed by atoms with Gasteiger partial charge in [-0.05, 0) is 23.6 Å². The Morgan fingerprint density at radius 1 is 1.12 bits per heavy atom. The standard InChI is InChI=1S/C17H19N3O4/c18-15-7-6-13(10-19-15)8-14(17(22)23)9-16(21)20(24)11-12-4-2-1-3-5-12/h1-7,10,14,24H,8-9,11H2,(H2,18,19)(H,22,23). The molecule has 1 atom stereocenters. The Balaban J connectivity index is 1.97. The van der Waals surface area contributed by atoms with Crippen LogP contribution in [-0.2, 0) is 22.6 Å². The van der Waals surface area contributed by atoms with Crippen molar-refractivity contribution < 1.29 is 19.9 Å². The molecule has 0 aliphatic heterocycles. The van der Waals surface area contributed by atoms with Crippen LogP contribution in [0.25, 0.3) is 0 Å². The molecule has 126 valence electrons. The van der Waals surface area contributed by atoms with Crippen LogP contribution >= 0.6 is 0 Å². The van der Waals surface area contributed by atoms with Crippen LogP contribution in [0.15, 0.2) is 48.7 Å². The zero-order valence-corrected chi connectivity index (χ0v) is 13.0. The van der Waals surface area contributed by atoms with E-state index in [0.717, 1.165) is 5.56 Å². The van der Waals surface area contributed by atoms with Crippen molar-refractivity contribution in [3.8, 4) is 0 Å². The Morgan fingerprint density at radius 2 is 1.83 bits per heavy atom. The molecule has 1 aromatic carbocycles. The van der Waals surface area contributed by atoms with Crippen molar-refractivity contribution in [3.63, 3.8) is 0 Å². The van der Waals surface area contributed by atoms with Gasteiger partial charge in [0.2, 0.25) is 5.91 Å². The third kappa shape index (κ3) is 5.06. The van der Waals surface area contributed by atoms with Gasteiger partial charge in [-0.2, -0.15) is 0 Å². The normalized spacial score (nSPS) is 11.7. The number of nitrogen functional groups attached to an aromatic ring is 1. The molecular formula is C17H19N3O4. The maximum atomic E-state index is 12.1. The van der Waals surface area contributed by atoms with Crippen LogP contribution in [0.4, 0.5) is 5.82 Å². The van der Waals surface area contributed by atoms with Crippen LogP contribution in [0.5, 0.6) is 0 Å². The molecule has 0 radical (unpaired) electrons. The molecule has 0 saturated heterocycles. The Hall–Kier alpha value is -2.93. The van der Waals surface area contributed by atoms with E-state index in [-0.39, 0.29) is 19.4 Å². The molecule has 0 bridgehead atoms. The number of carboxylic acids is 1. The first-order valence-corrected chi connectivity index (χ1v) is 7.42. The second kappa shape index (κ2) is 8.07. The molecule has 0 spiro atoms. The number of carboxylic acid groups (broad SMARTS) is 1. The number of rotatable bonds is 7. The zero-order valence-electron chi connectivity index (χ0n) is 13.0. The predicted octanol–water partition coefficient (Wildman–Crippen LogP) is 1.72. The number of hydrogen-bond acceptors (Lipinski definition) is 5. The van der Waals surface area contributed by atoms with Crippen molar-refractivity contribution in [2.75, 3.05) is 5.73 Å². The largest absolute Gasteiger partial charge is 0.481 e. The van der Waals surface area contributed by atoms with Crippen molar-refractivity contribution in [1.82, 2.24) is 10.0 Å². The molecule has 2 rings (SSSR count). The summed E-state index contributed by atoms with van der Waals surface area (Å²) in [5, 5.41) is 19.7. The van der Waals surface area contributed by atoms with Crippen LogP contribution in [0, 0.1) is 5.92 Å². The van der Waals surface area contributed by atoms with Gasteiger partial charge in [0, 0.05) is 12.6 Å². The Labute approximate surface area is 139 Å². The van der Waals surface area contributed by atoms with Crippen molar-refractivity contribution >= 4 is 17.7 Å². The van der Waals surface area contributed by atoms with Crippen LogP contribution in [0.1, 0.15) is 17.5 Å². The molecule has 0 fully saturated rings. The quantitative estimate of drug-likeness (QED) is 0.526. The lowest BCUT2D eigenvalue weighted by molar-refractivity contribution is -0.170. The summed E-state index contributed by atoms with van der Waals surface area (Å²) in [5.74, 6) is -2.36. The lowest BCUT2D eigenvalue weighted by atomic mass is 9.96. The highest BCUT2D eigenvalue weighted by atomic mass is 16.5. The second-order valence-electron chi connectivity index (χ2n) is 5.47. The van der Waals surface area contributed by atoms with Crippen LogP contribution in [0.3, 0.4) is 0 Å². The first-order valence-electron chi connectivity index (χ1n) is 7.42. The number of nitrogens with two attached hydrogens (primary N) is 1. The SMILES string of the molecule is Nc1ccc(CC(CC(=O)N(O)Cc2ccccc2)C(=O)O)cn1. The number of carbonyl (C=O) groups is 2.